The number of hydrogen-bond acceptors (Lipinski definition) is 2. The van der Waals surface area contributed by atoms with Gasteiger partial charge in [0, 0.05) is 11.3 Å². The zero-order chi connectivity index (χ0) is 8.60. The Morgan fingerprint density at radius 2 is 2.42 bits per heavy atom. The Balaban J connectivity index is 1.95. The molecule has 0 amide bonds. The molecule has 2 rings (SSSR count). The number of rotatable bonds is 3. The van der Waals surface area contributed by atoms with Gasteiger partial charge in [-0.3, -0.25) is 0 Å². The van der Waals surface area contributed by atoms with Gasteiger partial charge in [0.1, 0.15) is 0 Å². The average molecular weight is 182 g/mol. The third-order valence-electron chi connectivity index (χ3n) is 2.82. The first-order valence-electron chi connectivity index (χ1n) is 4.41. The van der Waals surface area contributed by atoms with Crippen molar-refractivity contribution in [1.29, 1.82) is 0 Å². The van der Waals surface area contributed by atoms with Crippen LogP contribution in [0.15, 0.2) is 17.5 Å². The number of thiophene rings is 1. The van der Waals surface area contributed by atoms with Gasteiger partial charge in [0.25, 0.3) is 0 Å². The summed E-state index contributed by atoms with van der Waals surface area (Å²) < 4.78 is 0. The normalized spacial score (nSPS) is 22.2. The van der Waals surface area contributed by atoms with Crippen LogP contribution in [-0.2, 0) is 6.42 Å². The third-order valence-corrected chi connectivity index (χ3v) is 3.72. The first-order chi connectivity index (χ1) is 5.71. The second kappa shape index (κ2) is 2.86. The van der Waals surface area contributed by atoms with Crippen LogP contribution in [0.3, 0.4) is 0 Å². The SMILES string of the molecule is CC1(C(O)Cc2cccs2)CC1. The summed E-state index contributed by atoms with van der Waals surface area (Å²) >= 11 is 1.74. The molecule has 2 heteroatoms. The Morgan fingerprint density at radius 1 is 1.67 bits per heavy atom. The molecule has 1 fully saturated rings. The van der Waals surface area contributed by atoms with Gasteiger partial charge in [-0.2, -0.15) is 0 Å². The monoisotopic (exact) mass is 182 g/mol. The average Bonchev–Trinajstić information content (AvgIpc) is 2.63. The van der Waals surface area contributed by atoms with Crippen LogP contribution < -0.4 is 0 Å². The topological polar surface area (TPSA) is 20.2 Å². The summed E-state index contributed by atoms with van der Waals surface area (Å²) in [6.45, 7) is 2.17. The minimum atomic E-state index is -0.129. The van der Waals surface area contributed by atoms with E-state index in [4.69, 9.17) is 0 Å². The van der Waals surface area contributed by atoms with Gasteiger partial charge in [-0.15, -0.1) is 11.3 Å². The Kier molecular flexibility index (Phi) is 1.97. The van der Waals surface area contributed by atoms with Crippen LogP contribution in [0, 0.1) is 5.41 Å². The highest BCUT2D eigenvalue weighted by Gasteiger charge is 2.43. The van der Waals surface area contributed by atoms with E-state index in [1.807, 2.05) is 6.07 Å². The Labute approximate surface area is 77.0 Å². The van der Waals surface area contributed by atoms with Crippen molar-refractivity contribution in [2.75, 3.05) is 0 Å². The molecular formula is C10H14OS. The van der Waals surface area contributed by atoms with Gasteiger partial charge in [-0.05, 0) is 29.7 Å². The minimum Gasteiger partial charge on any atom is -0.392 e. The molecule has 1 unspecified atom stereocenters. The van der Waals surface area contributed by atoms with Crippen LogP contribution in [0.2, 0.25) is 0 Å². The van der Waals surface area contributed by atoms with Crippen LogP contribution in [0.5, 0.6) is 0 Å². The third kappa shape index (κ3) is 1.54. The number of aliphatic hydroxyl groups excluding tert-OH is 1. The Bertz CT molecular complexity index is 249. The van der Waals surface area contributed by atoms with E-state index in [9.17, 15) is 5.11 Å². The lowest BCUT2D eigenvalue weighted by Crippen LogP contribution is -2.20. The predicted molar refractivity (Wildman–Crippen MR) is 51.4 cm³/mol. The first-order valence-corrected chi connectivity index (χ1v) is 5.29. The van der Waals surface area contributed by atoms with Crippen molar-refractivity contribution in [3.8, 4) is 0 Å². The van der Waals surface area contributed by atoms with Gasteiger partial charge in [-0.25, -0.2) is 0 Å². The van der Waals surface area contributed by atoms with Crippen molar-refractivity contribution in [3.63, 3.8) is 0 Å². The molecule has 0 radical (unpaired) electrons. The lowest BCUT2D eigenvalue weighted by molar-refractivity contribution is 0.104. The molecule has 1 aliphatic carbocycles. The van der Waals surface area contributed by atoms with E-state index in [1.54, 1.807) is 11.3 Å². The van der Waals surface area contributed by atoms with E-state index >= 15 is 0 Å². The summed E-state index contributed by atoms with van der Waals surface area (Å²) in [5.74, 6) is 0. The molecule has 1 heterocycles. The highest BCUT2D eigenvalue weighted by Crippen LogP contribution is 2.49. The molecule has 0 spiro atoms. The molecule has 1 N–H and O–H groups in total. The molecule has 66 valence electrons. The van der Waals surface area contributed by atoms with Gasteiger partial charge in [-0.1, -0.05) is 13.0 Å². The molecule has 12 heavy (non-hydrogen) atoms. The Hall–Kier alpha value is -0.340. The van der Waals surface area contributed by atoms with Crippen molar-refractivity contribution in [2.45, 2.75) is 32.3 Å². The van der Waals surface area contributed by atoms with Crippen LogP contribution in [-0.4, -0.2) is 11.2 Å². The summed E-state index contributed by atoms with van der Waals surface area (Å²) in [7, 11) is 0. The first kappa shape index (κ1) is 8.27. The maximum atomic E-state index is 9.83. The largest absolute Gasteiger partial charge is 0.392 e. The fourth-order valence-corrected chi connectivity index (χ4v) is 2.14. The summed E-state index contributed by atoms with van der Waals surface area (Å²) in [6.07, 6.45) is 3.10. The van der Waals surface area contributed by atoms with Crippen molar-refractivity contribution in [3.05, 3.63) is 22.4 Å². The number of hydrogen-bond donors (Lipinski definition) is 1. The zero-order valence-electron chi connectivity index (χ0n) is 7.29. The molecule has 1 nitrogen and oxygen atoms in total. The van der Waals surface area contributed by atoms with Crippen molar-refractivity contribution in [1.82, 2.24) is 0 Å². The van der Waals surface area contributed by atoms with E-state index in [1.165, 1.54) is 17.7 Å². The highest BCUT2D eigenvalue weighted by molar-refractivity contribution is 7.09. The molecular weight excluding hydrogens is 168 g/mol. The quantitative estimate of drug-likeness (QED) is 0.761. The van der Waals surface area contributed by atoms with Gasteiger partial charge < -0.3 is 5.11 Å². The Morgan fingerprint density at radius 3 is 2.92 bits per heavy atom. The standard InChI is InChI=1S/C10H14OS/c1-10(4-5-10)9(11)7-8-3-2-6-12-8/h2-3,6,9,11H,4-5,7H2,1H3. The van der Waals surface area contributed by atoms with Crippen molar-refractivity contribution in [2.24, 2.45) is 5.41 Å². The smallest absolute Gasteiger partial charge is 0.0641 e. The summed E-state index contributed by atoms with van der Waals surface area (Å²) in [5, 5.41) is 11.9. The van der Waals surface area contributed by atoms with E-state index in [0.717, 1.165) is 6.42 Å². The van der Waals surface area contributed by atoms with Crippen molar-refractivity contribution >= 4 is 11.3 Å². The van der Waals surface area contributed by atoms with E-state index in [-0.39, 0.29) is 11.5 Å². The molecule has 1 aromatic rings. The van der Waals surface area contributed by atoms with Crippen LogP contribution >= 0.6 is 11.3 Å². The molecule has 0 saturated heterocycles. The lowest BCUT2D eigenvalue weighted by atomic mass is 9.99. The minimum absolute atomic E-state index is 0.129. The van der Waals surface area contributed by atoms with Gasteiger partial charge in [0.05, 0.1) is 6.10 Å². The molecule has 1 aliphatic rings. The summed E-state index contributed by atoms with van der Waals surface area (Å²) in [6, 6.07) is 4.14. The van der Waals surface area contributed by atoms with Crippen LogP contribution in [0.4, 0.5) is 0 Å². The second-order valence-electron chi connectivity index (χ2n) is 3.95. The van der Waals surface area contributed by atoms with Crippen LogP contribution in [0.1, 0.15) is 24.6 Å². The van der Waals surface area contributed by atoms with Crippen LogP contribution in [0.25, 0.3) is 0 Å². The lowest BCUT2D eigenvalue weighted by Gasteiger charge is -2.15. The molecule has 0 aliphatic heterocycles. The molecule has 1 aromatic heterocycles. The predicted octanol–water partition coefficient (Wildman–Crippen LogP) is 2.45. The van der Waals surface area contributed by atoms with E-state index in [0.29, 0.717) is 0 Å². The molecule has 1 saturated carbocycles. The molecule has 0 aromatic carbocycles. The molecule has 0 bridgehead atoms. The maximum Gasteiger partial charge on any atom is 0.0641 e. The van der Waals surface area contributed by atoms with Crippen molar-refractivity contribution < 1.29 is 5.11 Å². The van der Waals surface area contributed by atoms with E-state index < -0.39 is 0 Å². The maximum absolute atomic E-state index is 9.83. The summed E-state index contributed by atoms with van der Waals surface area (Å²) in [4.78, 5) is 1.30. The van der Waals surface area contributed by atoms with E-state index in [2.05, 4.69) is 18.4 Å². The van der Waals surface area contributed by atoms with Gasteiger partial charge in [0.2, 0.25) is 0 Å². The number of aliphatic hydroxyl groups is 1. The summed E-state index contributed by atoms with van der Waals surface area (Å²) in [5.41, 5.74) is 0.240. The zero-order valence-corrected chi connectivity index (χ0v) is 8.10. The highest BCUT2D eigenvalue weighted by atomic mass is 32.1. The fraction of sp³-hybridized carbons (Fsp3) is 0.600. The molecule has 1 atom stereocenters. The van der Waals surface area contributed by atoms with Gasteiger partial charge in [0.15, 0.2) is 0 Å². The van der Waals surface area contributed by atoms with Gasteiger partial charge >= 0.3 is 0 Å². The second-order valence-corrected chi connectivity index (χ2v) is 4.99. The fourth-order valence-electron chi connectivity index (χ4n) is 1.40.